The third-order valence-electron chi connectivity index (χ3n) is 2.04. The Bertz CT molecular complexity index is 120. The lowest BCUT2D eigenvalue weighted by Crippen LogP contribution is -2.00. The van der Waals surface area contributed by atoms with Crippen molar-refractivity contribution in [2.75, 3.05) is 0 Å². The zero-order valence-corrected chi connectivity index (χ0v) is 8.65. The predicted molar refractivity (Wildman–Crippen MR) is 52.7 cm³/mol. The second-order valence-corrected chi connectivity index (χ2v) is 4.07. The van der Waals surface area contributed by atoms with Crippen LogP contribution in [-0.2, 0) is 0 Å². The van der Waals surface area contributed by atoms with Crippen LogP contribution in [0.3, 0.4) is 0 Å². The van der Waals surface area contributed by atoms with Crippen LogP contribution < -0.4 is 0 Å². The van der Waals surface area contributed by atoms with Crippen molar-refractivity contribution in [1.82, 2.24) is 0 Å². The summed E-state index contributed by atoms with van der Waals surface area (Å²) in [5.74, 6) is 1.70. The summed E-state index contributed by atoms with van der Waals surface area (Å²) in [5.41, 5.74) is 1.53. The fourth-order valence-electron chi connectivity index (χ4n) is 1.56. The Morgan fingerprint density at radius 3 is 2.18 bits per heavy atom. The molecule has 11 heavy (non-hydrogen) atoms. The first-order valence-electron chi connectivity index (χ1n) is 4.68. The molecule has 0 aromatic heterocycles. The van der Waals surface area contributed by atoms with Crippen molar-refractivity contribution in [2.45, 2.75) is 47.5 Å². The van der Waals surface area contributed by atoms with Gasteiger partial charge in [-0.25, -0.2) is 0 Å². The second-order valence-electron chi connectivity index (χ2n) is 4.07. The summed E-state index contributed by atoms with van der Waals surface area (Å²) in [6.45, 7) is 11.3. The quantitative estimate of drug-likeness (QED) is 0.536. The SMILES string of the molecule is CC=C(C)CC(C)CC(C)C. The van der Waals surface area contributed by atoms with Gasteiger partial charge < -0.3 is 0 Å². The fraction of sp³-hybridized carbons (Fsp3) is 0.818. The minimum Gasteiger partial charge on any atom is -0.0887 e. The van der Waals surface area contributed by atoms with Crippen LogP contribution in [0.25, 0.3) is 0 Å². The van der Waals surface area contributed by atoms with E-state index < -0.39 is 0 Å². The average Bonchev–Trinajstić information content (AvgIpc) is 1.85. The molecule has 0 aliphatic carbocycles. The van der Waals surface area contributed by atoms with Gasteiger partial charge in [-0.2, -0.15) is 0 Å². The first-order chi connectivity index (χ1) is 5.06. The summed E-state index contributed by atoms with van der Waals surface area (Å²) >= 11 is 0. The highest BCUT2D eigenvalue weighted by molar-refractivity contribution is 4.96. The molecule has 0 fully saturated rings. The van der Waals surface area contributed by atoms with Gasteiger partial charge >= 0.3 is 0 Å². The smallest absolute Gasteiger partial charge is 0.0297 e. The molecule has 0 N–H and O–H groups in total. The Kier molecular flexibility index (Phi) is 5.27. The van der Waals surface area contributed by atoms with Crippen molar-refractivity contribution < 1.29 is 0 Å². The third-order valence-corrected chi connectivity index (χ3v) is 2.04. The molecule has 0 amide bonds. The maximum Gasteiger partial charge on any atom is -0.0297 e. The van der Waals surface area contributed by atoms with Crippen molar-refractivity contribution >= 4 is 0 Å². The molecule has 0 aliphatic rings. The van der Waals surface area contributed by atoms with Gasteiger partial charge in [0, 0.05) is 0 Å². The summed E-state index contributed by atoms with van der Waals surface area (Å²) in [6.07, 6.45) is 4.84. The molecule has 1 atom stereocenters. The van der Waals surface area contributed by atoms with Gasteiger partial charge in [-0.05, 0) is 38.5 Å². The molecule has 0 aromatic carbocycles. The van der Waals surface area contributed by atoms with Gasteiger partial charge in [0.25, 0.3) is 0 Å². The molecule has 0 saturated carbocycles. The molecule has 0 heterocycles. The molecule has 0 heteroatoms. The van der Waals surface area contributed by atoms with Crippen molar-refractivity contribution in [3.05, 3.63) is 11.6 Å². The molecule has 1 unspecified atom stereocenters. The zero-order valence-electron chi connectivity index (χ0n) is 8.65. The van der Waals surface area contributed by atoms with Crippen LogP contribution in [0.15, 0.2) is 11.6 Å². The Morgan fingerprint density at radius 2 is 1.82 bits per heavy atom. The zero-order chi connectivity index (χ0) is 8.85. The van der Waals surface area contributed by atoms with Gasteiger partial charge in [-0.15, -0.1) is 0 Å². The maximum atomic E-state index is 2.34. The van der Waals surface area contributed by atoms with Crippen LogP contribution in [-0.4, -0.2) is 0 Å². The van der Waals surface area contributed by atoms with E-state index in [1.54, 1.807) is 0 Å². The fourth-order valence-corrected chi connectivity index (χ4v) is 1.56. The molecule has 0 spiro atoms. The minimum atomic E-state index is 0.842. The standard InChI is InChI=1S/C11H22/c1-6-10(4)8-11(5)7-9(2)3/h6,9,11H,7-8H2,1-5H3. The van der Waals surface area contributed by atoms with Crippen LogP contribution in [0.4, 0.5) is 0 Å². The van der Waals surface area contributed by atoms with E-state index >= 15 is 0 Å². The molecule has 66 valence electrons. The molecule has 0 saturated heterocycles. The molecule has 0 nitrogen and oxygen atoms in total. The number of hydrogen-bond donors (Lipinski definition) is 0. The van der Waals surface area contributed by atoms with Crippen LogP contribution in [0.1, 0.15) is 47.5 Å². The Balaban J connectivity index is 3.60. The highest BCUT2D eigenvalue weighted by Crippen LogP contribution is 2.18. The monoisotopic (exact) mass is 154 g/mol. The van der Waals surface area contributed by atoms with Crippen LogP contribution in [0.5, 0.6) is 0 Å². The van der Waals surface area contributed by atoms with Gasteiger partial charge in [-0.3, -0.25) is 0 Å². The Labute approximate surface area is 71.7 Å². The van der Waals surface area contributed by atoms with Gasteiger partial charge in [-0.1, -0.05) is 32.4 Å². The minimum absolute atomic E-state index is 0.842. The molecule has 0 rings (SSSR count). The third kappa shape index (κ3) is 6.15. The summed E-state index contributed by atoms with van der Waals surface area (Å²) in [5, 5.41) is 0. The van der Waals surface area contributed by atoms with Crippen molar-refractivity contribution in [3.8, 4) is 0 Å². The highest BCUT2D eigenvalue weighted by atomic mass is 14.1. The first kappa shape index (κ1) is 10.7. The highest BCUT2D eigenvalue weighted by Gasteiger charge is 2.04. The lowest BCUT2D eigenvalue weighted by molar-refractivity contribution is 0.436. The van der Waals surface area contributed by atoms with Gasteiger partial charge in [0.05, 0.1) is 0 Å². The maximum absolute atomic E-state index is 2.34. The van der Waals surface area contributed by atoms with Gasteiger partial charge in [0.1, 0.15) is 0 Å². The lowest BCUT2D eigenvalue weighted by atomic mass is 9.93. The van der Waals surface area contributed by atoms with E-state index in [1.807, 2.05) is 0 Å². The summed E-state index contributed by atoms with van der Waals surface area (Å²) < 4.78 is 0. The Morgan fingerprint density at radius 1 is 1.27 bits per heavy atom. The largest absolute Gasteiger partial charge is 0.0887 e. The molecule has 0 aromatic rings. The molecule has 0 radical (unpaired) electrons. The van der Waals surface area contributed by atoms with E-state index in [0.717, 1.165) is 11.8 Å². The average molecular weight is 154 g/mol. The van der Waals surface area contributed by atoms with Crippen LogP contribution in [0, 0.1) is 11.8 Å². The number of allylic oxidation sites excluding steroid dienone is 2. The molecular weight excluding hydrogens is 132 g/mol. The van der Waals surface area contributed by atoms with Crippen molar-refractivity contribution in [1.29, 1.82) is 0 Å². The van der Waals surface area contributed by atoms with Gasteiger partial charge in [0.2, 0.25) is 0 Å². The Hall–Kier alpha value is -0.260. The normalized spacial score (nSPS) is 15.6. The van der Waals surface area contributed by atoms with Gasteiger partial charge in [0.15, 0.2) is 0 Å². The van der Waals surface area contributed by atoms with E-state index in [1.165, 1.54) is 18.4 Å². The topological polar surface area (TPSA) is 0 Å². The molecule has 0 aliphatic heterocycles. The molecule has 0 bridgehead atoms. The van der Waals surface area contributed by atoms with E-state index in [0.29, 0.717) is 0 Å². The van der Waals surface area contributed by atoms with Crippen LogP contribution >= 0.6 is 0 Å². The first-order valence-corrected chi connectivity index (χ1v) is 4.68. The number of hydrogen-bond acceptors (Lipinski definition) is 0. The number of rotatable bonds is 4. The van der Waals surface area contributed by atoms with E-state index in [-0.39, 0.29) is 0 Å². The summed E-state index contributed by atoms with van der Waals surface area (Å²) in [7, 11) is 0. The summed E-state index contributed by atoms with van der Waals surface area (Å²) in [6, 6.07) is 0. The van der Waals surface area contributed by atoms with Crippen molar-refractivity contribution in [2.24, 2.45) is 11.8 Å². The van der Waals surface area contributed by atoms with E-state index in [2.05, 4.69) is 40.7 Å². The van der Waals surface area contributed by atoms with E-state index in [9.17, 15) is 0 Å². The van der Waals surface area contributed by atoms with Crippen LogP contribution in [0.2, 0.25) is 0 Å². The summed E-state index contributed by atoms with van der Waals surface area (Å²) in [4.78, 5) is 0. The second kappa shape index (κ2) is 5.40. The lowest BCUT2D eigenvalue weighted by Gasteiger charge is -2.13. The van der Waals surface area contributed by atoms with E-state index in [4.69, 9.17) is 0 Å². The molecular formula is C11H22. The predicted octanol–water partition coefficient (Wildman–Crippen LogP) is 4.02. The van der Waals surface area contributed by atoms with Crippen molar-refractivity contribution in [3.63, 3.8) is 0 Å².